The Kier molecular flexibility index (Phi) is 4.02. The summed E-state index contributed by atoms with van der Waals surface area (Å²) >= 11 is 0. The third kappa shape index (κ3) is 2.86. The van der Waals surface area contributed by atoms with Crippen LogP contribution in [0.5, 0.6) is 0 Å². The largest absolute Gasteiger partial charge is 0.381 e. The summed E-state index contributed by atoms with van der Waals surface area (Å²) in [6, 6.07) is 2.77. The standard InChI is InChI=1S/C13H22N2O/c1-3-13(12-5-7-16-10-12)14-8-11-4-6-15(2)9-11/h4,6,9,12-14H,3,5,7-8,10H2,1-2H3. The van der Waals surface area contributed by atoms with Crippen molar-refractivity contribution < 1.29 is 4.74 Å². The minimum absolute atomic E-state index is 0.600. The van der Waals surface area contributed by atoms with Crippen molar-refractivity contribution in [2.45, 2.75) is 32.4 Å². The van der Waals surface area contributed by atoms with Gasteiger partial charge in [0.1, 0.15) is 0 Å². The molecule has 0 bridgehead atoms. The number of hydrogen-bond acceptors (Lipinski definition) is 2. The zero-order valence-electron chi connectivity index (χ0n) is 10.3. The highest BCUT2D eigenvalue weighted by molar-refractivity contribution is 5.09. The molecule has 0 amide bonds. The smallest absolute Gasteiger partial charge is 0.0510 e. The van der Waals surface area contributed by atoms with Gasteiger partial charge in [0, 0.05) is 38.6 Å². The molecule has 0 saturated carbocycles. The molecule has 1 N–H and O–H groups in total. The predicted octanol–water partition coefficient (Wildman–Crippen LogP) is 1.93. The van der Waals surface area contributed by atoms with E-state index in [0.29, 0.717) is 12.0 Å². The van der Waals surface area contributed by atoms with E-state index in [2.05, 4.69) is 42.3 Å². The van der Waals surface area contributed by atoms with Crippen molar-refractivity contribution in [3.05, 3.63) is 24.0 Å². The van der Waals surface area contributed by atoms with E-state index in [1.165, 1.54) is 18.4 Å². The van der Waals surface area contributed by atoms with Gasteiger partial charge < -0.3 is 14.6 Å². The number of rotatable bonds is 5. The second kappa shape index (κ2) is 5.51. The Hall–Kier alpha value is -0.800. The van der Waals surface area contributed by atoms with Crippen molar-refractivity contribution in [1.82, 2.24) is 9.88 Å². The third-order valence-corrected chi connectivity index (χ3v) is 3.44. The maximum Gasteiger partial charge on any atom is 0.0510 e. The lowest BCUT2D eigenvalue weighted by molar-refractivity contribution is 0.175. The predicted molar refractivity (Wildman–Crippen MR) is 65.3 cm³/mol. The molecule has 1 fully saturated rings. The fraction of sp³-hybridized carbons (Fsp3) is 0.692. The zero-order chi connectivity index (χ0) is 11.4. The van der Waals surface area contributed by atoms with E-state index >= 15 is 0 Å². The maximum absolute atomic E-state index is 5.45. The summed E-state index contributed by atoms with van der Waals surface area (Å²) in [7, 11) is 2.06. The van der Waals surface area contributed by atoms with Crippen LogP contribution in [0.15, 0.2) is 18.5 Å². The first-order valence-electron chi connectivity index (χ1n) is 6.21. The quantitative estimate of drug-likeness (QED) is 0.824. The van der Waals surface area contributed by atoms with Gasteiger partial charge in [0.2, 0.25) is 0 Å². The van der Waals surface area contributed by atoms with Crippen molar-refractivity contribution in [1.29, 1.82) is 0 Å². The van der Waals surface area contributed by atoms with E-state index in [1.807, 2.05) is 0 Å². The molecule has 2 rings (SSSR count). The van der Waals surface area contributed by atoms with Crippen LogP contribution < -0.4 is 5.32 Å². The van der Waals surface area contributed by atoms with Gasteiger partial charge in [0.25, 0.3) is 0 Å². The third-order valence-electron chi connectivity index (χ3n) is 3.44. The molecule has 0 spiro atoms. The molecule has 1 aromatic rings. The fourth-order valence-electron chi connectivity index (χ4n) is 2.43. The molecule has 3 nitrogen and oxygen atoms in total. The summed E-state index contributed by atoms with van der Waals surface area (Å²) in [5.41, 5.74) is 1.36. The van der Waals surface area contributed by atoms with Crippen LogP contribution in [-0.2, 0) is 18.3 Å². The highest BCUT2D eigenvalue weighted by Gasteiger charge is 2.23. The minimum Gasteiger partial charge on any atom is -0.381 e. The molecule has 0 aliphatic carbocycles. The summed E-state index contributed by atoms with van der Waals surface area (Å²) in [4.78, 5) is 0. The van der Waals surface area contributed by atoms with Crippen LogP contribution in [0.4, 0.5) is 0 Å². The van der Waals surface area contributed by atoms with Crippen LogP contribution in [0, 0.1) is 5.92 Å². The van der Waals surface area contributed by atoms with Crippen molar-refractivity contribution in [3.8, 4) is 0 Å². The Morgan fingerprint density at radius 3 is 3.06 bits per heavy atom. The van der Waals surface area contributed by atoms with Crippen molar-refractivity contribution in [2.75, 3.05) is 13.2 Å². The van der Waals surface area contributed by atoms with E-state index in [-0.39, 0.29) is 0 Å². The van der Waals surface area contributed by atoms with Crippen molar-refractivity contribution in [3.63, 3.8) is 0 Å². The van der Waals surface area contributed by atoms with Crippen LogP contribution in [0.1, 0.15) is 25.3 Å². The molecule has 3 heteroatoms. The normalized spacial score (nSPS) is 22.5. The van der Waals surface area contributed by atoms with Crippen LogP contribution in [-0.4, -0.2) is 23.8 Å². The molecular formula is C13H22N2O. The average molecular weight is 222 g/mol. The van der Waals surface area contributed by atoms with Gasteiger partial charge in [-0.3, -0.25) is 0 Å². The minimum atomic E-state index is 0.600. The van der Waals surface area contributed by atoms with Gasteiger partial charge >= 0.3 is 0 Å². The van der Waals surface area contributed by atoms with Gasteiger partial charge in [-0.2, -0.15) is 0 Å². The van der Waals surface area contributed by atoms with Crippen molar-refractivity contribution in [2.24, 2.45) is 13.0 Å². The zero-order valence-corrected chi connectivity index (χ0v) is 10.3. The van der Waals surface area contributed by atoms with Gasteiger partial charge in [-0.25, -0.2) is 0 Å². The van der Waals surface area contributed by atoms with Crippen LogP contribution >= 0.6 is 0 Å². The molecule has 1 aromatic heterocycles. The number of aromatic nitrogens is 1. The van der Waals surface area contributed by atoms with Crippen molar-refractivity contribution >= 4 is 0 Å². The van der Waals surface area contributed by atoms with Gasteiger partial charge in [-0.1, -0.05) is 6.92 Å². The highest BCUT2D eigenvalue weighted by atomic mass is 16.5. The topological polar surface area (TPSA) is 26.2 Å². The van der Waals surface area contributed by atoms with E-state index in [9.17, 15) is 0 Å². The lowest BCUT2D eigenvalue weighted by atomic mass is 9.97. The van der Waals surface area contributed by atoms with Gasteiger partial charge in [-0.15, -0.1) is 0 Å². The average Bonchev–Trinajstić information content (AvgIpc) is 2.91. The molecule has 0 aromatic carbocycles. The number of hydrogen-bond donors (Lipinski definition) is 1. The summed E-state index contributed by atoms with van der Waals surface area (Å²) in [5.74, 6) is 0.703. The molecule has 16 heavy (non-hydrogen) atoms. The highest BCUT2D eigenvalue weighted by Crippen LogP contribution is 2.19. The Morgan fingerprint density at radius 1 is 1.62 bits per heavy atom. The summed E-state index contributed by atoms with van der Waals surface area (Å²) < 4.78 is 7.55. The fourth-order valence-corrected chi connectivity index (χ4v) is 2.43. The van der Waals surface area contributed by atoms with Gasteiger partial charge in [0.05, 0.1) is 6.61 Å². The molecule has 2 unspecified atom stereocenters. The number of ether oxygens (including phenoxy) is 1. The first kappa shape index (κ1) is 11.7. The van der Waals surface area contributed by atoms with Crippen LogP contribution in [0.2, 0.25) is 0 Å². The Balaban J connectivity index is 1.82. The maximum atomic E-state index is 5.45. The van der Waals surface area contributed by atoms with Crippen LogP contribution in [0.3, 0.4) is 0 Å². The Morgan fingerprint density at radius 2 is 2.50 bits per heavy atom. The summed E-state index contributed by atoms with van der Waals surface area (Å²) in [5, 5.41) is 3.65. The SMILES string of the molecule is CCC(NCc1ccn(C)c1)C1CCOC1. The molecule has 2 atom stereocenters. The number of nitrogens with zero attached hydrogens (tertiary/aromatic N) is 1. The van der Waals surface area contributed by atoms with Gasteiger partial charge in [0.15, 0.2) is 0 Å². The summed E-state index contributed by atoms with van der Waals surface area (Å²) in [6.45, 7) is 5.09. The molecule has 1 aliphatic heterocycles. The number of aryl methyl sites for hydroxylation is 1. The van der Waals surface area contributed by atoms with Gasteiger partial charge in [-0.05, 0) is 30.4 Å². The first-order valence-corrected chi connectivity index (χ1v) is 6.21. The molecular weight excluding hydrogens is 200 g/mol. The molecule has 1 aliphatic rings. The number of nitrogens with one attached hydrogen (secondary N) is 1. The summed E-state index contributed by atoms with van der Waals surface area (Å²) in [6.07, 6.45) is 6.66. The molecule has 1 saturated heterocycles. The second-order valence-corrected chi connectivity index (χ2v) is 4.70. The van der Waals surface area contributed by atoms with E-state index < -0.39 is 0 Å². The Labute approximate surface area is 97.8 Å². The molecule has 2 heterocycles. The Bertz CT molecular complexity index is 315. The van der Waals surface area contributed by atoms with E-state index in [1.54, 1.807) is 0 Å². The molecule has 0 radical (unpaired) electrons. The van der Waals surface area contributed by atoms with E-state index in [0.717, 1.165) is 19.8 Å². The van der Waals surface area contributed by atoms with E-state index in [4.69, 9.17) is 4.74 Å². The second-order valence-electron chi connectivity index (χ2n) is 4.70. The lowest BCUT2D eigenvalue weighted by Crippen LogP contribution is -2.35. The molecule has 90 valence electrons. The first-order chi connectivity index (χ1) is 7.79. The monoisotopic (exact) mass is 222 g/mol. The lowest BCUT2D eigenvalue weighted by Gasteiger charge is -2.22. The van der Waals surface area contributed by atoms with Crippen LogP contribution in [0.25, 0.3) is 0 Å².